The maximum Gasteiger partial charge on any atom is 0.233 e. The van der Waals surface area contributed by atoms with Crippen molar-refractivity contribution >= 4 is 17.7 Å². The van der Waals surface area contributed by atoms with Crippen LogP contribution in [0.25, 0.3) is 0 Å². The summed E-state index contributed by atoms with van der Waals surface area (Å²) < 4.78 is 20.4. The molecule has 0 radical (unpaired) electrons. The summed E-state index contributed by atoms with van der Waals surface area (Å²) in [4.78, 5) is 15.5. The van der Waals surface area contributed by atoms with E-state index in [1.807, 2.05) is 23.9 Å². The summed E-state index contributed by atoms with van der Waals surface area (Å²) in [5.74, 6) is 1.32. The molecule has 7 heteroatoms. The molecule has 0 bridgehead atoms. The van der Waals surface area contributed by atoms with Crippen LogP contribution in [0.5, 0.6) is 0 Å². The van der Waals surface area contributed by atoms with Crippen LogP contribution in [-0.2, 0) is 24.9 Å². The van der Waals surface area contributed by atoms with E-state index in [0.717, 1.165) is 16.3 Å². The lowest BCUT2D eigenvalue weighted by molar-refractivity contribution is -0.129. The Labute approximate surface area is 167 Å². The fourth-order valence-corrected chi connectivity index (χ4v) is 3.97. The van der Waals surface area contributed by atoms with E-state index in [1.165, 1.54) is 42.4 Å². The van der Waals surface area contributed by atoms with Gasteiger partial charge in [-0.2, -0.15) is 5.10 Å². The predicted octanol–water partition coefficient (Wildman–Crippen LogP) is 4.35. The molecule has 0 N–H and O–H groups in total. The summed E-state index contributed by atoms with van der Waals surface area (Å²) >= 11 is 1.40. The molecule has 1 aliphatic carbocycles. The van der Waals surface area contributed by atoms with Gasteiger partial charge in [0.25, 0.3) is 0 Å². The van der Waals surface area contributed by atoms with Gasteiger partial charge >= 0.3 is 0 Å². The lowest BCUT2D eigenvalue weighted by Crippen LogP contribution is -2.31. The molecule has 0 spiro atoms. The summed E-state index contributed by atoms with van der Waals surface area (Å²) in [7, 11) is 1.96. The minimum atomic E-state index is -0.281. The number of rotatable bonds is 8. The number of benzene rings is 1. The van der Waals surface area contributed by atoms with Crippen LogP contribution in [0.1, 0.15) is 35.9 Å². The number of thioether (sulfide) groups is 1. The van der Waals surface area contributed by atoms with Crippen molar-refractivity contribution in [2.75, 3.05) is 5.75 Å². The van der Waals surface area contributed by atoms with Gasteiger partial charge in [0.15, 0.2) is 0 Å². The highest BCUT2D eigenvalue weighted by Crippen LogP contribution is 2.40. The monoisotopic (exact) mass is 399 g/mol. The number of nitrogens with zero attached hydrogens (tertiary/aromatic N) is 3. The van der Waals surface area contributed by atoms with Crippen molar-refractivity contribution in [3.8, 4) is 0 Å². The van der Waals surface area contributed by atoms with Crippen LogP contribution in [0.4, 0.5) is 4.39 Å². The molecule has 1 aromatic carbocycles. The number of amides is 1. The number of aromatic nitrogens is 2. The number of carbonyl (C=O) groups excluding carboxylic acids is 1. The third-order valence-electron chi connectivity index (χ3n) is 4.77. The highest BCUT2D eigenvalue weighted by Gasteiger charge is 2.28. The quantitative estimate of drug-likeness (QED) is 0.529. The van der Waals surface area contributed by atoms with Crippen LogP contribution in [0, 0.1) is 5.82 Å². The first-order valence-corrected chi connectivity index (χ1v) is 10.3. The van der Waals surface area contributed by atoms with Gasteiger partial charge in [0, 0.05) is 23.6 Å². The molecule has 1 aliphatic rings. The van der Waals surface area contributed by atoms with Gasteiger partial charge in [-0.1, -0.05) is 0 Å². The van der Waals surface area contributed by atoms with Crippen LogP contribution < -0.4 is 0 Å². The number of carbonyl (C=O) groups is 1. The molecule has 5 nitrogen and oxygen atoms in total. The van der Waals surface area contributed by atoms with Crippen molar-refractivity contribution in [2.45, 2.75) is 36.7 Å². The van der Waals surface area contributed by atoms with Gasteiger partial charge in [-0.25, -0.2) is 4.39 Å². The molecule has 0 atom stereocenters. The Morgan fingerprint density at radius 3 is 2.75 bits per heavy atom. The van der Waals surface area contributed by atoms with Crippen molar-refractivity contribution in [1.82, 2.24) is 14.7 Å². The van der Waals surface area contributed by atoms with Gasteiger partial charge in [-0.05, 0) is 55.3 Å². The highest BCUT2D eigenvalue weighted by atomic mass is 32.2. The molecule has 1 fully saturated rings. The summed E-state index contributed by atoms with van der Waals surface area (Å²) in [5, 5.41) is 4.60. The van der Waals surface area contributed by atoms with E-state index >= 15 is 0 Å². The fourth-order valence-electron chi connectivity index (χ4n) is 3.17. The summed E-state index contributed by atoms with van der Waals surface area (Å²) in [6.07, 6.45) is 4.03. The number of aryl methyl sites for hydroxylation is 1. The van der Waals surface area contributed by atoms with Gasteiger partial charge in [0.2, 0.25) is 5.91 Å². The Hall–Kier alpha value is -2.54. The molecule has 0 unspecified atom stereocenters. The second-order valence-electron chi connectivity index (χ2n) is 7.03. The van der Waals surface area contributed by atoms with E-state index < -0.39 is 0 Å². The second-order valence-corrected chi connectivity index (χ2v) is 8.08. The summed E-state index contributed by atoms with van der Waals surface area (Å²) in [5.41, 5.74) is 2.12. The number of hydrogen-bond donors (Lipinski definition) is 0. The number of halogens is 1. The van der Waals surface area contributed by atoms with Gasteiger partial charge < -0.3 is 9.32 Å². The van der Waals surface area contributed by atoms with Gasteiger partial charge in [-0.3, -0.25) is 9.48 Å². The third kappa shape index (κ3) is 4.65. The SMILES string of the molecule is Cn1nc(CN(Cc2ccco2)C(=O)CSc2ccc(F)cc2)cc1C1CC1. The Bertz CT molecular complexity index is 933. The third-order valence-corrected chi connectivity index (χ3v) is 5.77. The molecular weight excluding hydrogens is 377 g/mol. The van der Waals surface area contributed by atoms with Crippen LogP contribution in [0.3, 0.4) is 0 Å². The summed E-state index contributed by atoms with van der Waals surface area (Å²) in [6, 6.07) is 12.0. The van der Waals surface area contributed by atoms with E-state index in [1.54, 1.807) is 23.3 Å². The Kier molecular flexibility index (Phi) is 5.52. The van der Waals surface area contributed by atoms with E-state index in [0.29, 0.717) is 19.0 Å². The average molecular weight is 399 g/mol. The van der Waals surface area contributed by atoms with Gasteiger partial charge in [0.1, 0.15) is 11.6 Å². The van der Waals surface area contributed by atoms with Crippen molar-refractivity contribution in [3.63, 3.8) is 0 Å². The van der Waals surface area contributed by atoms with E-state index in [4.69, 9.17) is 4.42 Å². The van der Waals surface area contributed by atoms with E-state index in [-0.39, 0.29) is 17.5 Å². The van der Waals surface area contributed by atoms with Crippen LogP contribution in [-0.4, -0.2) is 26.3 Å². The zero-order valence-electron chi connectivity index (χ0n) is 15.7. The molecule has 3 aromatic rings. The average Bonchev–Trinajstić information content (AvgIpc) is 3.27. The zero-order valence-corrected chi connectivity index (χ0v) is 16.5. The first-order valence-electron chi connectivity index (χ1n) is 9.30. The molecule has 1 amide bonds. The lowest BCUT2D eigenvalue weighted by Gasteiger charge is -2.20. The maximum absolute atomic E-state index is 13.1. The molecule has 4 rings (SSSR count). The molecule has 0 aliphatic heterocycles. The second kappa shape index (κ2) is 8.22. The van der Waals surface area contributed by atoms with Crippen LogP contribution >= 0.6 is 11.8 Å². The molecule has 0 saturated heterocycles. The maximum atomic E-state index is 13.1. The fraction of sp³-hybridized carbons (Fsp3) is 0.333. The molecule has 146 valence electrons. The largest absolute Gasteiger partial charge is 0.467 e. The molecule has 28 heavy (non-hydrogen) atoms. The highest BCUT2D eigenvalue weighted by molar-refractivity contribution is 8.00. The van der Waals surface area contributed by atoms with Gasteiger partial charge in [0.05, 0.1) is 30.8 Å². The topological polar surface area (TPSA) is 51.3 Å². The minimum Gasteiger partial charge on any atom is -0.467 e. The molecule has 2 heterocycles. The minimum absolute atomic E-state index is 0.00986. The van der Waals surface area contributed by atoms with Crippen molar-refractivity contribution in [2.24, 2.45) is 7.05 Å². The molecular formula is C21H22FN3O2S. The first kappa shape index (κ1) is 18.8. The van der Waals surface area contributed by atoms with Crippen molar-refractivity contribution in [1.29, 1.82) is 0 Å². The smallest absolute Gasteiger partial charge is 0.233 e. The predicted molar refractivity (Wildman–Crippen MR) is 105 cm³/mol. The standard InChI is InChI=1S/C21H22FN3O2S/c1-24-20(15-4-5-15)11-17(23-24)12-25(13-18-3-2-10-27-18)21(26)14-28-19-8-6-16(22)7-9-19/h2-3,6-11,15H,4-5,12-14H2,1H3. The van der Waals surface area contributed by atoms with Crippen LogP contribution in [0.2, 0.25) is 0 Å². The molecule has 1 saturated carbocycles. The number of furan rings is 1. The zero-order chi connectivity index (χ0) is 19.5. The lowest BCUT2D eigenvalue weighted by atomic mass is 10.2. The van der Waals surface area contributed by atoms with Crippen molar-refractivity contribution < 1.29 is 13.6 Å². The molecule has 2 aromatic heterocycles. The Morgan fingerprint density at radius 1 is 1.29 bits per heavy atom. The Balaban J connectivity index is 1.45. The normalized spacial score (nSPS) is 13.6. The van der Waals surface area contributed by atoms with E-state index in [9.17, 15) is 9.18 Å². The van der Waals surface area contributed by atoms with Crippen LogP contribution in [0.15, 0.2) is 58.0 Å². The van der Waals surface area contributed by atoms with Gasteiger partial charge in [-0.15, -0.1) is 11.8 Å². The summed E-state index contributed by atoms with van der Waals surface area (Å²) in [6.45, 7) is 0.829. The number of hydrogen-bond acceptors (Lipinski definition) is 4. The first-order chi connectivity index (χ1) is 13.6. The Morgan fingerprint density at radius 2 is 2.07 bits per heavy atom. The van der Waals surface area contributed by atoms with Crippen molar-refractivity contribution in [3.05, 3.63) is 71.7 Å². The van der Waals surface area contributed by atoms with E-state index in [2.05, 4.69) is 11.2 Å².